The van der Waals surface area contributed by atoms with Crippen LogP contribution in [0.15, 0.2) is 39.4 Å². The molecule has 2 N–H and O–H groups in total. The molecule has 0 saturated heterocycles. The zero-order chi connectivity index (χ0) is 14.5. The van der Waals surface area contributed by atoms with Crippen molar-refractivity contribution in [3.8, 4) is 0 Å². The molecule has 20 heavy (non-hydrogen) atoms. The number of anilines is 1. The third-order valence-corrected chi connectivity index (χ3v) is 3.02. The predicted octanol–water partition coefficient (Wildman–Crippen LogP) is 1.66. The number of nitrogens with one attached hydrogen (secondary N) is 2. The van der Waals surface area contributed by atoms with Gasteiger partial charge in [-0.2, -0.15) is 0 Å². The summed E-state index contributed by atoms with van der Waals surface area (Å²) in [5.74, 6) is 0.405. The van der Waals surface area contributed by atoms with Crippen molar-refractivity contribution < 1.29 is 4.92 Å². The molecule has 0 aliphatic heterocycles. The molecule has 0 spiro atoms. The average molecular weight is 293 g/mol. The molecule has 0 aromatic carbocycles. The highest BCUT2D eigenvalue weighted by Gasteiger charge is 2.12. The van der Waals surface area contributed by atoms with E-state index in [1.54, 1.807) is 0 Å². The molecule has 2 aromatic rings. The van der Waals surface area contributed by atoms with Crippen LogP contribution in [0.2, 0.25) is 0 Å². The Morgan fingerprint density at radius 3 is 2.95 bits per heavy atom. The summed E-state index contributed by atoms with van der Waals surface area (Å²) in [5, 5.41) is 14.5. The molecule has 104 valence electrons. The maximum absolute atomic E-state index is 11.2. The molecule has 2 heterocycles. The van der Waals surface area contributed by atoms with Crippen LogP contribution in [-0.4, -0.2) is 26.4 Å². The molecule has 0 amide bonds. The first-order valence-corrected chi connectivity index (χ1v) is 6.53. The monoisotopic (exact) mass is 293 g/mol. The molecule has 0 radical (unpaired) electrons. The van der Waals surface area contributed by atoms with Gasteiger partial charge in [-0.15, -0.1) is 0 Å². The lowest BCUT2D eigenvalue weighted by molar-refractivity contribution is -0.385. The second-order valence-electron chi connectivity index (χ2n) is 3.68. The van der Waals surface area contributed by atoms with Gasteiger partial charge in [0.15, 0.2) is 5.16 Å². The maximum Gasteiger partial charge on any atom is 0.275 e. The molecule has 2 aromatic heterocycles. The Labute approximate surface area is 117 Å². The molecule has 0 aliphatic carbocycles. The van der Waals surface area contributed by atoms with Crippen molar-refractivity contribution in [1.82, 2.24) is 15.0 Å². The Morgan fingerprint density at radius 2 is 2.30 bits per heavy atom. The van der Waals surface area contributed by atoms with E-state index in [0.717, 1.165) is 11.8 Å². The molecule has 0 aliphatic rings. The zero-order valence-corrected chi connectivity index (χ0v) is 11.3. The van der Waals surface area contributed by atoms with Crippen molar-refractivity contribution >= 4 is 23.3 Å². The highest BCUT2D eigenvalue weighted by Crippen LogP contribution is 2.27. The molecule has 0 saturated carbocycles. The summed E-state index contributed by atoms with van der Waals surface area (Å²) in [7, 11) is 0. The van der Waals surface area contributed by atoms with Crippen LogP contribution in [0.25, 0.3) is 0 Å². The van der Waals surface area contributed by atoms with Crippen LogP contribution in [0.5, 0.6) is 0 Å². The lowest BCUT2D eigenvalue weighted by atomic mass is 10.4. The highest BCUT2D eigenvalue weighted by molar-refractivity contribution is 7.99. The summed E-state index contributed by atoms with van der Waals surface area (Å²) in [6, 6.07) is 3.97. The number of hydrogen-bond donors (Lipinski definition) is 2. The fraction of sp³-hybridized carbons (Fsp3) is 0.182. The first kappa shape index (κ1) is 14.0. The van der Waals surface area contributed by atoms with E-state index in [2.05, 4.69) is 20.3 Å². The van der Waals surface area contributed by atoms with Crippen LogP contribution in [0.3, 0.4) is 0 Å². The van der Waals surface area contributed by atoms with Crippen LogP contribution >= 0.6 is 11.8 Å². The Morgan fingerprint density at radius 1 is 1.50 bits per heavy atom. The quantitative estimate of drug-likeness (QED) is 0.489. The van der Waals surface area contributed by atoms with Gasteiger partial charge in [0.05, 0.1) is 11.0 Å². The molecule has 0 atom stereocenters. The van der Waals surface area contributed by atoms with E-state index >= 15 is 0 Å². The first-order valence-electron chi connectivity index (χ1n) is 5.72. The van der Waals surface area contributed by atoms with E-state index < -0.39 is 4.92 Å². The van der Waals surface area contributed by atoms with E-state index in [4.69, 9.17) is 0 Å². The minimum Gasteiger partial charge on any atom is -0.370 e. The lowest BCUT2D eigenvalue weighted by Gasteiger charge is -2.05. The Hall–Kier alpha value is -2.42. The maximum atomic E-state index is 11.2. The SMILES string of the molecule is CCNc1cc([N+](=O)[O-])cc(Sc2nccc(=O)[nH]2)n1. The number of hydrogen-bond acceptors (Lipinski definition) is 7. The molecule has 9 heteroatoms. The van der Waals surface area contributed by atoms with Crippen molar-refractivity contribution in [3.05, 3.63) is 44.9 Å². The number of nitro groups is 1. The highest BCUT2D eigenvalue weighted by atomic mass is 32.2. The number of aromatic nitrogens is 3. The summed E-state index contributed by atoms with van der Waals surface area (Å²) in [4.78, 5) is 32.3. The number of pyridine rings is 1. The van der Waals surface area contributed by atoms with Crippen LogP contribution in [0.4, 0.5) is 11.5 Å². The van der Waals surface area contributed by atoms with Gasteiger partial charge in [0.2, 0.25) is 0 Å². The number of rotatable bonds is 5. The van der Waals surface area contributed by atoms with Crippen LogP contribution in [0, 0.1) is 10.1 Å². The van der Waals surface area contributed by atoms with Gasteiger partial charge in [-0.3, -0.25) is 14.9 Å². The van der Waals surface area contributed by atoms with Gasteiger partial charge in [0.1, 0.15) is 10.8 Å². The normalized spacial score (nSPS) is 10.2. The topological polar surface area (TPSA) is 114 Å². The number of H-pyrrole nitrogens is 1. The minimum absolute atomic E-state index is 0.0725. The van der Waals surface area contributed by atoms with Crippen molar-refractivity contribution in [2.75, 3.05) is 11.9 Å². The standard InChI is InChI=1S/C11H11N5O3S/c1-2-12-8-5-7(16(18)19)6-10(14-8)20-11-13-4-3-9(17)15-11/h3-6H,2H2,1H3,(H,12,14)(H,13,15,17). The zero-order valence-electron chi connectivity index (χ0n) is 10.5. The van der Waals surface area contributed by atoms with Crippen molar-refractivity contribution in [2.45, 2.75) is 17.1 Å². The Kier molecular flexibility index (Phi) is 4.31. The molecule has 0 bridgehead atoms. The molecule has 0 fully saturated rings. The summed E-state index contributed by atoms with van der Waals surface area (Å²) in [6.45, 7) is 2.46. The molecular formula is C11H11N5O3S. The van der Waals surface area contributed by atoms with Crippen LogP contribution < -0.4 is 10.9 Å². The lowest BCUT2D eigenvalue weighted by Crippen LogP contribution is -2.05. The van der Waals surface area contributed by atoms with Gasteiger partial charge in [-0.1, -0.05) is 0 Å². The van der Waals surface area contributed by atoms with E-state index in [9.17, 15) is 14.9 Å². The van der Waals surface area contributed by atoms with E-state index in [1.165, 1.54) is 24.4 Å². The third-order valence-electron chi connectivity index (χ3n) is 2.20. The van der Waals surface area contributed by atoms with Gasteiger partial charge in [0.25, 0.3) is 11.2 Å². The first-order chi connectivity index (χ1) is 9.58. The van der Waals surface area contributed by atoms with Crippen LogP contribution in [0.1, 0.15) is 6.92 Å². The summed E-state index contributed by atoms with van der Waals surface area (Å²) >= 11 is 1.05. The fourth-order valence-electron chi connectivity index (χ4n) is 1.42. The molecular weight excluding hydrogens is 282 g/mol. The number of nitrogens with zero attached hydrogens (tertiary/aromatic N) is 3. The van der Waals surface area contributed by atoms with E-state index in [-0.39, 0.29) is 11.2 Å². The average Bonchev–Trinajstić information content (AvgIpc) is 2.38. The summed E-state index contributed by atoms with van der Waals surface area (Å²) in [6.07, 6.45) is 1.36. The Bertz CT molecular complexity index is 688. The molecule has 2 rings (SSSR count). The van der Waals surface area contributed by atoms with Gasteiger partial charge in [0, 0.05) is 24.9 Å². The molecule has 8 nitrogen and oxygen atoms in total. The van der Waals surface area contributed by atoms with Crippen molar-refractivity contribution in [2.24, 2.45) is 0 Å². The summed E-state index contributed by atoms with van der Waals surface area (Å²) < 4.78 is 0. The predicted molar refractivity (Wildman–Crippen MR) is 74.0 cm³/mol. The third kappa shape index (κ3) is 3.54. The second kappa shape index (κ2) is 6.15. The van der Waals surface area contributed by atoms with E-state index in [1.807, 2.05) is 6.92 Å². The Balaban J connectivity index is 2.35. The minimum atomic E-state index is -0.492. The van der Waals surface area contributed by atoms with Crippen molar-refractivity contribution in [3.63, 3.8) is 0 Å². The molecule has 0 unspecified atom stereocenters. The van der Waals surface area contributed by atoms with Crippen molar-refractivity contribution in [1.29, 1.82) is 0 Å². The summed E-state index contributed by atoms with van der Waals surface area (Å²) in [5.41, 5.74) is -0.364. The largest absolute Gasteiger partial charge is 0.370 e. The fourth-order valence-corrected chi connectivity index (χ4v) is 2.21. The van der Waals surface area contributed by atoms with Gasteiger partial charge in [-0.05, 0) is 18.7 Å². The van der Waals surface area contributed by atoms with E-state index in [0.29, 0.717) is 22.5 Å². The van der Waals surface area contributed by atoms with Crippen LogP contribution in [-0.2, 0) is 0 Å². The van der Waals surface area contributed by atoms with Gasteiger partial charge < -0.3 is 10.3 Å². The smallest absolute Gasteiger partial charge is 0.275 e. The number of aromatic amines is 1. The van der Waals surface area contributed by atoms with Gasteiger partial charge in [-0.25, -0.2) is 9.97 Å². The van der Waals surface area contributed by atoms with Gasteiger partial charge >= 0.3 is 0 Å². The second-order valence-corrected chi connectivity index (χ2v) is 4.69.